The molecule has 0 bridgehead atoms. The minimum Gasteiger partial charge on any atom is -0.276 e. The van der Waals surface area contributed by atoms with Crippen molar-refractivity contribution in [3.05, 3.63) is 100 Å². The Labute approximate surface area is 156 Å². The molecule has 0 atom stereocenters. The van der Waals surface area contributed by atoms with Crippen LogP contribution in [0.3, 0.4) is 0 Å². The predicted molar refractivity (Wildman–Crippen MR) is 105 cm³/mol. The zero-order valence-electron chi connectivity index (χ0n) is 14.6. The van der Waals surface area contributed by atoms with Gasteiger partial charge < -0.3 is 0 Å². The highest BCUT2D eigenvalue weighted by Gasteiger charge is 2.10. The molecule has 0 radical (unpaired) electrons. The van der Waals surface area contributed by atoms with E-state index in [2.05, 4.69) is 20.8 Å². The lowest BCUT2D eigenvalue weighted by Crippen LogP contribution is -2.02. The van der Waals surface area contributed by atoms with Crippen molar-refractivity contribution in [3.63, 3.8) is 0 Å². The Morgan fingerprint density at radius 2 is 1.70 bits per heavy atom. The number of nitrogens with zero attached hydrogens (tertiary/aromatic N) is 4. The summed E-state index contributed by atoms with van der Waals surface area (Å²) in [5.41, 5.74) is 5.91. The van der Waals surface area contributed by atoms with E-state index in [9.17, 15) is 10.1 Å². The molecule has 0 aliphatic heterocycles. The number of non-ortho nitro benzene ring substituents is 1. The lowest BCUT2D eigenvalue weighted by molar-refractivity contribution is -0.384. The highest BCUT2D eigenvalue weighted by molar-refractivity contribution is 6.00. The van der Waals surface area contributed by atoms with Crippen molar-refractivity contribution in [3.8, 4) is 0 Å². The molecular weight excluding hydrogens is 342 g/mol. The van der Waals surface area contributed by atoms with Crippen LogP contribution in [0.2, 0.25) is 0 Å². The number of para-hydroxylation sites is 1. The third-order valence-corrected chi connectivity index (χ3v) is 3.67. The van der Waals surface area contributed by atoms with Gasteiger partial charge in [-0.15, -0.1) is 10.2 Å². The first kappa shape index (κ1) is 17.9. The number of nitro groups is 1. The Morgan fingerprint density at radius 3 is 2.41 bits per heavy atom. The van der Waals surface area contributed by atoms with Gasteiger partial charge in [0.25, 0.3) is 5.69 Å². The lowest BCUT2D eigenvalue weighted by atomic mass is 10.2. The highest BCUT2D eigenvalue weighted by Crippen LogP contribution is 2.18. The van der Waals surface area contributed by atoms with Gasteiger partial charge in [0.05, 0.1) is 16.3 Å². The largest absolute Gasteiger partial charge is 0.276 e. The van der Waals surface area contributed by atoms with Crippen LogP contribution in [0.4, 0.5) is 17.1 Å². The number of aryl methyl sites for hydroxylation is 1. The molecule has 0 aromatic heterocycles. The van der Waals surface area contributed by atoms with Crippen molar-refractivity contribution in [1.29, 1.82) is 0 Å². The van der Waals surface area contributed by atoms with Gasteiger partial charge in [-0.05, 0) is 31.2 Å². The molecule has 0 heterocycles. The van der Waals surface area contributed by atoms with E-state index in [1.807, 2.05) is 61.5 Å². The zero-order valence-corrected chi connectivity index (χ0v) is 14.6. The van der Waals surface area contributed by atoms with Crippen LogP contribution >= 0.6 is 0 Å². The number of anilines is 1. The molecule has 3 aromatic rings. The van der Waals surface area contributed by atoms with E-state index in [1.165, 1.54) is 12.1 Å². The molecule has 7 heteroatoms. The number of hydrazone groups is 1. The standard InChI is InChI=1S/C20H17N5O2/c1-15-10-12-18(13-11-15)22-24-20(23-21-17-7-3-2-4-8-17)16-6-5-9-19(14-16)25(26)27/h2-14,21H,1H3/b23-20+,24-22?. The van der Waals surface area contributed by atoms with E-state index in [0.717, 1.165) is 11.3 Å². The monoisotopic (exact) mass is 359 g/mol. The molecule has 3 rings (SSSR count). The minimum atomic E-state index is -0.455. The van der Waals surface area contributed by atoms with Crippen LogP contribution in [0.5, 0.6) is 0 Å². The molecule has 0 amide bonds. The Morgan fingerprint density at radius 1 is 0.963 bits per heavy atom. The van der Waals surface area contributed by atoms with Gasteiger partial charge in [0.15, 0.2) is 0 Å². The van der Waals surface area contributed by atoms with E-state index in [0.29, 0.717) is 11.3 Å². The third-order valence-electron chi connectivity index (χ3n) is 3.67. The van der Waals surface area contributed by atoms with Crippen LogP contribution in [0.15, 0.2) is 94.2 Å². The third kappa shape index (κ3) is 5.05. The number of hydrogen-bond donors (Lipinski definition) is 1. The van der Waals surface area contributed by atoms with Crippen molar-refractivity contribution in [2.75, 3.05) is 5.43 Å². The molecule has 0 aliphatic carbocycles. The molecular formula is C20H17N5O2. The molecule has 134 valence electrons. The van der Waals surface area contributed by atoms with Gasteiger partial charge >= 0.3 is 0 Å². The minimum absolute atomic E-state index is 0.0366. The summed E-state index contributed by atoms with van der Waals surface area (Å²) in [7, 11) is 0. The number of nitrogens with one attached hydrogen (secondary N) is 1. The topological polar surface area (TPSA) is 92.2 Å². The predicted octanol–water partition coefficient (Wildman–Crippen LogP) is 5.46. The Balaban J connectivity index is 1.94. The SMILES string of the molecule is Cc1ccc(N=N/C(=N/Nc2ccccc2)c2cccc([N+](=O)[O-])c2)cc1. The smallest absolute Gasteiger partial charge is 0.270 e. The molecule has 0 unspecified atom stereocenters. The first-order chi connectivity index (χ1) is 13.1. The molecule has 0 saturated heterocycles. The summed E-state index contributed by atoms with van der Waals surface area (Å²) in [4.78, 5) is 10.6. The summed E-state index contributed by atoms with van der Waals surface area (Å²) < 4.78 is 0. The van der Waals surface area contributed by atoms with Gasteiger partial charge in [0.2, 0.25) is 5.84 Å². The van der Waals surface area contributed by atoms with Crippen LogP contribution in [-0.4, -0.2) is 10.8 Å². The first-order valence-electron chi connectivity index (χ1n) is 8.24. The van der Waals surface area contributed by atoms with Gasteiger partial charge in [-0.25, -0.2) is 0 Å². The zero-order chi connectivity index (χ0) is 19.1. The number of azo groups is 1. The van der Waals surface area contributed by atoms with E-state index in [1.54, 1.807) is 12.1 Å². The Kier molecular flexibility index (Phi) is 5.64. The van der Waals surface area contributed by atoms with Crippen LogP contribution in [0, 0.1) is 17.0 Å². The number of hydrogen-bond acceptors (Lipinski definition) is 5. The van der Waals surface area contributed by atoms with E-state index in [4.69, 9.17) is 0 Å². The molecule has 1 N–H and O–H groups in total. The van der Waals surface area contributed by atoms with Gasteiger partial charge in [-0.1, -0.05) is 48.0 Å². The maximum atomic E-state index is 11.1. The van der Waals surface area contributed by atoms with Crippen molar-refractivity contribution in [2.24, 2.45) is 15.3 Å². The molecule has 27 heavy (non-hydrogen) atoms. The fourth-order valence-corrected chi connectivity index (χ4v) is 2.25. The first-order valence-corrected chi connectivity index (χ1v) is 8.24. The number of benzene rings is 3. The average molecular weight is 359 g/mol. The van der Waals surface area contributed by atoms with Crippen LogP contribution in [0.1, 0.15) is 11.1 Å². The highest BCUT2D eigenvalue weighted by atomic mass is 16.6. The van der Waals surface area contributed by atoms with E-state index >= 15 is 0 Å². The van der Waals surface area contributed by atoms with E-state index in [-0.39, 0.29) is 11.5 Å². The summed E-state index contributed by atoms with van der Waals surface area (Å²) in [6, 6.07) is 23.0. The normalized spacial score (nSPS) is 11.5. The molecule has 0 saturated carbocycles. The second-order valence-corrected chi connectivity index (χ2v) is 5.76. The molecule has 0 aliphatic rings. The molecule has 0 fully saturated rings. The summed E-state index contributed by atoms with van der Waals surface area (Å²) in [6.07, 6.45) is 0. The Hall–Kier alpha value is -3.87. The Bertz CT molecular complexity index is 983. The summed E-state index contributed by atoms with van der Waals surface area (Å²) in [5, 5.41) is 23.7. The lowest BCUT2D eigenvalue weighted by Gasteiger charge is -2.03. The van der Waals surface area contributed by atoms with Gasteiger partial charge in [0, 0.05) is 17.7 Å². The second kappa shape index (κ2) is 8.48. The molecule has 7 nitrogen and oxygen atoms in total. The van der Waals surface area contributed by atoms with E-state index < -0.39 is 4.92 Å². The van der Waals surface area contributed by atoms with Gasteiger partial charge in [-0.2, -0.15) is 5.10 Å². The number of rotatable bonds is 5. The van der Waals surface area contributed by atoms with Gasteiger partial charge in [0.1, 0.15) is 0 Å². The number of amidine groups is 1. The maximum Gasteiger partial charge on any atom is 0.270 e. The molecule has 0 spiro atoms. The summed E-state index contributed by atoms with van der Waals surface area (Å²) >= 11 is 0. The van der Waals surface area contributed by atoms with Gasteiger partial charge in [-0.3, -0.25) is 15.5 Å². The van der Waals surface area contributed by atoms with Crippen molar-refractivity contribution in [1.82, 2.24) is 0 Å². The van der Waals surface area contributed by atoms with Crippen molar-refractivity contribution in [2.45, 2.75) is 6.92 Å². The fraction of sp³-hybridized carbons (Fsp3) is 0.0500. The average Bonchev–Trinajstić information content (AvgIpc) is 2.70. The molecule has 3 aromatic carbocycles. The van der Waals surface area contributed by atoms with Crippen LogP contribution in [-0.2, 0) is 0 Å². The van der Waals surface area contributed by atoms with Crippen molar-refractivity contribution >= 4 is 22.9 Å². The fourth-order valence-electron chi connectivity index (χ4n) is 2.25. The second-order valence-electron chi connectivity index (χ2n) is 5.76. The quantitative estimate of drug-likeness (QED) is 0.215. The maximum absolute atomic E-state index is 11.1. The number of nitro benzene ring substituents is 1. The summed E-state index contributed by atoms with van der Waals surface area (Å²) in [6.45, 7) is 1.99. The van der Waals surface area contributed by atoms with Crippen LogP contribution < -0.4 is 5.43 Å². The summed E-state index contributed by atoms with van der Waals surface area (Å²) in [5.74, 6) is 0.239. The van der Waals surface area contributed by atoms with Crippen molar-refractivity contribution < 1.29 is 4.92 Å². The van der Waals surface area contributed by atoms with Crippen LogP contribution in [0.25, 0.3) is 0 Å².